The van der Waals surface area contributed by atoms with E-state index in [9.17, 15) is 8.78 Å². The van der Waals surface area contributed by atoms with Crippen molar-refractivity contribution >= 4 is 17.0 Å². The van der Waals surface area contributed by atoms with Crippen molar-refractivity contribution in [2.75, 3.05) is 5.32 Å². The zero-order chi connectivity index (χ0) is 12.4. The Balaban J connectivity index is 2.16. The maximum atomic E-state index is 13.0. The van der Waals surface area contributed by atoms with E-state index >= 15 is 0 Å². The van der Waals surface area contributed by atoms with Crippen LogP contribution in [0.4, 0.5) is 14.5 Å². The van der Waals surface area contributed by atoms with E-state index in [1.54, 1.807) is 16.8 Å². The lowest BCUT2D eigenvalue weighted by Gasteiger charge is -2.14. The Morgan fingerprint density at radius 2 is 2.06 bits per heavy atom. The van der Waals surface area contributed by atoms with Gasteiger partial charge in [0.2, 0.25) is 0 Å². The quantitative estimate of drug-likeness (QED) is 0.898. The van der Waals surface area contributed by atoms with Gasteiger partial charge in [-0.3, -0.25) is 0 Å². The summed E-state index contributed by atoms with van der Waals surface area (Å²) in [4.78, 5) is 5.25. The molecule has 2 aromatic rings. The Bertz CT molecular complexity index is 525. The molecule has 0 fully saturated rings. The van der Waals surface area contributed by atoms with Gasteiger partial charge in [-0.1, -0.05) is 0 Å². The monoisotopic (exact) mass is 254 g/mol. The number of nitrogens with one attached hydrogen (secondary N) is 1. The number of aromatic nitrogens is 1. The van der Waals surface area contributed by atoms with E-state index in [2.05, 4.69) is 10.3 Å². The highest BCUT2D eigenvalue weighted by Gasteiger charge is 2.11. The molecule has 0 aliphatic heterocycles. The first-order chi connectivity index (χ1) is 8.08. The number of thiazole rings is 1. The second-order valence-corrected chi connectivity index (χ2v) is 4.68. The van der Waals surface area contributed by atoms with Crippen LogP contribution < -0.4 is 5.32 Å². The van der Waals surface area contributed by atoms with E-state index in [1.807, 2.05) is 13.8 Å². The van der Waals surface area contributed by atoms with Crippen LogP contribution in [-0.2, 0) is 0 Å². The third kappa shape index (κ3) is 2.61. The molecule has 1 N–H and O–H groups in total. The Morgan fingerprint density at radius 1 is 1.29 bits per heavy atom. The van der Waals surface area contributed by atoms with Gasteiger partial charge in [-0.2, -0.15) is 0 Å². The van der Waals surface area contributed by atoms with Gasteiger partial charge in [0, 0.05) is 16.6 Å². The van der Waals surface area contributed by atoms with Gasteiger partial charge in [-0.25, -0.2) is 13.8 Å². The Hall–Kier alpha value is -1.49. The second kappa shape index (κ2) is 4.79. The van der Waals surface area contributed by atoms with Crippen LogP contribution in [0.15, 0.2) is 23.7 Å². The van der Waals surface area contributed by atoms with Gasteiger partial charge in [0.15, 0.2) is 11.6 Å². The highest BCUT2D eigenvalue weighted by Crippen LogP contribution is 2.25. The van der Waals surface area contributed by atoms with Crippen molar-refractivity contribution < 1.29 is 8.78 Å². The predicted octanol–water partition coefficient (Wildman–Crippen LogP) is 3.90. The van der Waals surface area contributed by atoms with E-state index in [1.165, 1.54) is 6.07 Å². The molecular weight excluding hydrogens is 242 g/mol. The van der Waals surface area contributed by atoms with Crippen molar-refractivity contribution in [3.63, 3.8) is 0 Å². The average molecular weight is 254 g/mol. The first-order valence-electron chi connectivity index (χ1n) is 5.19. The molecule has 2 rings (SSSR count). The molecule has 1 unspecified atom stereocenters. The van der Waals surface area contributed by atoms with Crippen LogP contribution in [0, 0.1) is 18.6 Å². The van der Waals surface area contributed by atoms with Crippen molar-refractivity contribution in [2.45, 2.75) is 19.9 Å². The molecule has 0 aliphatic rings. The van der Waals surface area contributed by atoms with Gasteiger partial charge < -0.3 is 5.32 Å². The van der Waals surface area contributed by atoms with Crippen molar-refractivity contribution in [1.29, 1.82) is 0 Å². The van der Waals surface area contributed by atoms with Crippen LogP contribution in [0.2, 0.25) is 0 Å². The third-order valence-corrected chi connectivity index (χ3v) is 3.59. The SMILES string of the molecule is Cc1ncsc1C(C)Nc1ccc(F)c(F)c1. The lowest BCUT2D eigenvalue weighted by Crippen LogP contribution is -2.06. The molecule has 0 aliphatic carbocycles. The van der Waals surface area contributed by atoms with Gasteiger partial charge in [0.1, 0.15) is 0 Å². The van der Waals surface area contributed by atoms with Crippen LogP contribution in [0.3, 0.4) is 0 Å². The summed E-state index contributed by atoms with van der Waals surface area (Å²) in [5, 5.41) is 3.12. The minimum Gasteiger partial charge on any atom is -0.378 e. The standard InChI is InChI=1S/C12H12F2N2S/c1-7-12(17-6-15-7)8(2)16-9-3-4-10(13)11(14)5-9/h3-6,8,16H,1-2H3. The normalized spacial score (nSPS) is 12.5. The molecule has 90 valence electrons. The number of halogens is 2. The van der Waals surface area contributed by atoms with Crippen LogP contribution in [-0.4, -0.2) is 4.98 Å². The van der Waals surface area contributed by atoms with Gasteiger partial charge in [-0.15, -0.1) is 11.3 Å². The minimum atomic E-state index is -0.844. The molecule has 0 bridgehead atoms. The Kier molecular flexibility index (Phi) is 3.38. The first-order valence-corrected chi connectivity index (χ1v) is 6.07. The fourth-order valence-electron chi connectivity index (χ4n) is 1.63. The lowest BCUT2D eigenvalue weighted by atomic mass is 10.2. The van der Waals surface area contributed by atoms with Crippen molar-refractivity contribution in [3.8, 4) is 0 Å². The minimum absolute atomic E-state index is 0.0207. The number of nitrogens with zero attached hydrogens (tertiary/aromatic N) is 1. The number of hydrogen-bond donors (Lipinski definition) is 1. The Morgan fingerprint density at radius 3 is 2.65 bits per heavy atom. The van der Waals surface area contributed by atoms with E-state index in [4.69, 9.17) is 0 Å². The van der Waals surface area contributed by atoms with Crippen LogP contribution >= 0.6 is 11.3 Å². The van der Waals surface area contributed by atoms with E-state index < -0.39 is 11.6 Å². The summed E-state index contributed by atoms with van der Waals surface area (Å²) in [6.07, 6.45) is 0. The van der Waals surface area contributed by atoms with Gasteiger partial charge >= 0.3 is 0 Å². The van der Waals surface area contributed by atoms with Crippen molar-refractivity contribution in [1.82, 2.24) is 4.98 Å². The summed E-state index contributed by atoms with van der Waals surface area (Å²) in [7, 11) is 0. The van der Waals surface area contributed by atoms with Gasteiger partial charge in [0.25, 0.3) is 0 Å². The fourth-order valence-corrected chi connectivity index (χ4v) is 2.44. The van der Waals surface area contributed by atoms with Crippen LogP contribution in [0.1, 0.15) is 23.5 Å². The number of anilines is 1. The Labute approximate surface area is 102 Å². The van der Waals surface area contributed by atoms with Crippen molar-refractivity contribution in [3.05, 3.63) is 45.9 Å². The molecule has 1 aromatic heterocycles. The molecule has 0 amide bonds. The van der Waals surface area contributed by atoms with Crippen LogP contribution in [0.25, 0.3) is 0 Å². The van der Waals surface area contributed by atoms with Gasteiger partial charge in [-0.05, 0) is 26.0 Å². The topological polar surface area (TPSA) is 24.9 Å². The molecule has 0 radical (unpaired) electrons. The van der Waals surface area contributed by atoms with E-state index in [-0.39, 0.29) is 6.04 Å². The summed E-state index contributed by atoms with van der Waals surface area (Å²) in [5.74, 6) is -1.68. The molecule has 17 heavy (non-hydrogen) atoms. The smallest absolute Gasteiger partial charge is 0.160 e. The molecule has 1 atom stereocenters. The van der Waals surface area contributed by atoms with E-state index in [0.29, 0.717) is 5.69 Å². The lowest BCUT2D eigenvalue weighted by molar-refractivity contribution is 0.509. The maximum absolute atomic E-state index is 13.0. The predicted molar refractivity (Wildman–Crippen MR) is 65.2 cm³/mol. The molecule has 0 saturated heterocycles. The molecule has 2 nitrogen and oxygen atoms in total. The zero-order valence-electron chi connectivity index (χ0n) is 9.50. The molecule has 0 saturated carbocycles. The zero-order valence-corrected chi connectivity index (χ0v) is 10.3. The van der Waals surface area contributed by atoms with Crippen LogP contribution in [0.5, 0.6) is 0 Å². The summed E-state index contributed by atoms with van der Waals surface area (Å²) in [6.45, 7) is 3.89. The highest BCUT2D eigenvalue weighted by molar-refractivity contribution is 7.09. The maximum Gasteiger partial charge on any atom is 0.160 e. The summed E-state index contributed by atoms with van der Waals surface area (Å²) in [6, 6.07) is 3.81. The van der Waals surface area contributed by atoms with Crippen molar-refractivity contribution in [2.24, 2.45) is 0 Å². The fraction of sp³-hybridized carbons (Fsp3) is 0.250. The number of aryl methyl sites for hydroxylation is 1. The van der Waals surface area contributed by atoms with E-state index in [0.717, 1.165) is 22.7 Å². The molecule has 5 heteroatoms. The first kappa shape index (κ1) is 12.0. The molecular formula is C12H12F2N2S. The third-order valence-electron chi connectivity index (χ3n) is 2.48. The summed E-state index contributed by atoms with van der Waals surface area (Å²) in [5.41, 5.74) is 3.29. The average Bonchev–Trinajstić information content (AvgIpc) is 2.70. The number of hydrogen-bond acceptors (Lipinski definition) is 3. The molecule has 1 aromatic carbocycles. The highest BCUT2D eigenvalue weighted by atomic mass is 32.1. The largest absolute Gasteiger partial charge is 0.378 e. The summed E-state index contributed by atoms with van der Waals surface area (Å²) < 4.78 is 25.8. The second-order valence-electron chi connectivity index (χ2n) is 3.80. The molecule has 1 heterocycles. The number of benzene rings is 1. The molecule has 0 spiro atoms. The number of rotatable bonds is 3. The summed E-state index contributed by atoms with van der Waals surface area (Å²) >= 11 is 1.54. The van der Waals surface area contributed by atoms with Gasteiger partial charge in [0.05, 0.1) is 17.2 Å².